The first-order valence-corrected chi connectivity index (χ1v) is 8.55. The fraction of sp³-hybridized carbons (Fsp3) is 0.278. The van der Waals surface area contributed by atoms with Gasteiger partial charge in [-0.1, -0.05) is 71.7 Å². The molecule has 134 valence electrons. The molecule has 2 aromatic carbocycles. The summed E-state index contributed by atoms with van der Waals surface area (Å²) in [7, 11) is 0. The number of aliphatic hydroxyl groups excluding tert-OH is 1. The molecule has 2 rings (SSSR count). The molecule has 1 amide bonds. The van der Waals surface area contributed by atoms with Crippen molar-refractivity contribution in [3.05, 3.63) is 59.7 Å². The summed E-state index contributed by atoms with van der Waals surface area (Å²) in [5, 5.41) is 12.6. The predicted octanol–water partition coefficient (Wildman–Crippen LogP) is 3.10. The lowest BCUT2D eigenvalue weighted by atomic mass is 9.98. The van der Waals surface area contributed by atoms with Crippen LogP contribution in [0.1, 0.15) is 17.2 Å². The van der Waals surface area contributed by atoms with E-state index in [1.54, 1.807) is 12.1 Å². The van der Waals surface area contributed by atoms with Crippen LogP contribution < -0.4 is 11.1 Å². The van der Waals surface area contributed by atoms with E-state index in [0.29, 0.717) is 12.1 Å². The van der Waals surface area contributed by atoms with Crippen molar-refractivity contribution in [1.29, 1.82) is 0 Å². The normalized spacial score (nSPS) is 13.5. The van der Waals surface area contributed by atoms with E-state index in [0.717, 1.165) is 16.7 Å². The van der Waals surface area contributed by atoms with E-state index in [1.165, 1.54) is 0 Å². The molecule has 0 heterocycles. The van der Waals surface area contributed by atoms with Gasteiger partial charge in [0.1, 0.15) is 12.8 Å². The van der Waals surface area contributed by atoms with Crippen LogP contribution >= 0.6 is 23.2 Å². The van der Waals surface area contributed by atoms with Gasteiger partial charge in [0.25, 0.3) is 5.91 Å². The van der Waals surface area contributed by atoms with Crippen LogP contribution in [0.2, 0.25) is 0 Å². The molecular weight excluding hydrogens is 366 g/mol. The van der Waals surface area contributed by atoms with E-state index in [2.05, 4.69) is 5.32 Å². The number of carbonyl (C=O) groups excluding carboxylic acids is 1. The minimum absolute atomic E-state index is 0.478. The number of amides is 1. The molecular formula is C18H19Cl2FN2O2. The van der Waals surface area contributed by atoms with Crippen LogP contribution in [0.15, 0.2) is 48.5 Å². The van der Waals surface area contributed by atoms with Gasteiger partial charge in [0.05, 0.1) is 6.04 Å². The zero-order chi connectivity index (χ0) is 18.4. The molecule has 2 unspecified atom stereocenters. The summed E-state index contributed by atoms with van der Waals surface area (Å²) in [6.07, 6.45) is -1.21. The van der Waals surface area contributed by atoms with Crippen molar-refractivity contribution >= 4 is 29.1 Å². The van der Waals surface area contributed by atoms with Gasteiger partial charge in [-0.3, -0.25) is 4.79 Å². The van der Waals surface area contributed by atoms with Crippen LogP contribution in [0.5, 0.6) is 0 Å². The average Bonchev–Trinajstić information content (AvgIpc) is 2.65. The van der Waals surface area contributed by atoms with Gasteiger partial charge in [-0.05, 0) is 22.3 Å². The van der Waals surface area contributed by atoms with E-state index >= 15 is 0 Å². The molecule has 2 aromatic rings. The van der Waals surface area contributed by atoms with Gasteiger partial charge in [0.2, 0.25) is 0 Å². The van der Waals surface area contributed by atoms with Gasteiger partial charge in [-0.25, -0.2) is 4.39 Å². The first-order chi connectivity index (χ1) is 12.0. The Balaban J connectivity index is 2.12. The SMILES string of the molecule is NCc1ccc(-c2ccc(C(O)C(CF)NC(=O)C(Cl)Cl)cc2)cc1. The third-order valence-electron chi connectivity index (χ3n) is 3.85. The van der Waals surface area contributed by atoms with Crippen LogP contribution in [0, 0.1) is 0 Å². The zero-order valence-electron chi connectivity index (χ0n) is 13.3. The number of halogens is 3. The van der Waals surface area contributed by atoms with Crippen molar-refractivity contribution in [3.8, 4) is 11.1 Å². The molecule has 4 nitrogen and oxygen atoms in total. The molecule has 0 aromatic heterocycles. The molecule has 0 radical (unpaired) electrons. The third-order valence-corrected chi connectivity index (χ3v) is 4.24. The number of nitrogens with two attached hydrogens (primary N) is 1. The minimum Gasteiger partial charge on any atom is -0.386 e. The molecule has 25 heavy (non-hydrogen) atoms. The average molecular weight is 385 g/mol. The molecule has 0 saturated heterocycles. The first kappa shape index (κ1) is 19.7. The summed E-state index contributed by atoms with van der Waals surface area (Å²) in [5.74, 6) is -0.748. The molecule has 0 aliphatic rings. The van der Waals surface area contributed by atoms with Gasteiger partial charge < -0.3 is 16.2 Å². The van der Waals surface area contributed by atoms with Gasteiger partial charge in [-0.15, -0.1) is 0 Å². The van der Waals surface area contributed by atoms with Crippen molar-refractivity contribution in [2.24, 2.45) is 5.73 Å². The third kappa shape index (κ3) is 5.16. The largest absolute Gasteiger partial charge is 0.386 e. The van der Waals surface area contributed by atoms with Crippen molar-refractivity contribution in [2.45, 2.75) is 23.5 Å². The smallest absolute Gasteiger partial charge is 0.253 e. The Labute approximate surface area is 155 Å². The second kappa shape index (κ2) is 9.15. The molecule has 2 atom stereocenters. The summed E-state index contributed by atoms with van der Waals surface area (Å²) < 4.78 is 13.2. The molecule has 0 fully saturated rings. The number of nitrogens with one attached hydrogen (secondary N) is 1. The van der Waals surface area contributed by atoms with Crippen molar-refractivity contribution in [3.63, 3.8) is 0 Å². The highest BCUT2D eigenvalue weighted by molar-refractivity contribution is 6.53. The van der Waals surface area contributed by atoms with Gasteiger partial charge >= 0.3 is 0 Å². The highest BCUT2D eigenvalue weighted by Crippen LogP contribution is 2.24. The lowest BCUT2D eigenvalue weighted by molar-refractivity contribution is -0.121. The number of aliphatic hydroxyl groups is 1. The van der Waals surface area contributed by atoms with E-state index in [4.69, 9.17) is 28.9 Å². The predicted molar refractivity (Wildman–Crippen MR) is 98.1 cm³/mol. The minimum atomic E-state index is -1.32. The Bertz CT molecular complexity index is 693. The lowest BCUT2D eigenvalue weighted by Crippen LogP contribution is -2.43. The van der Waals surface area contributed by atoms with E-state index in [-0.39, 0.29) is 0 Å². The Morgan fingerprint density at radius 3 is 2.04 bits per heavy atom. The lowest BCUT2D eigenvalue weighted by Gasteiger charge is -2.22. The number of hydrogen-bond acceptors (Lipinski definition) is 3. The first-order valence-electron chi connectivity index (χ1n) is 7.68. The molecule has 7 heteroatoms. The fourth-order valence-electron chi connectivity index (χ4n) is 2.39. The topological polar surface area (TPSA) is 75.3 Å². The summed E-state index contributed by atoms with van der Waals surface area (Å²) >= 11 is 10.9. The van der Waals surface area contributed by atoms with Gasteiger partial charge in [-0.2, -0.15) is 0 Å². The monoisotopic (exact) mass is 384 g/mol. The second-order valence-electron chi connectivity index (χ2n) is 5.54. The van der Waals surface area contributed by atoms with Crippen molar-refractivity contribution in [2.75, 3.05) is 6.67 Å². The maximum Gasteiger partial charge on any atom is 0.253 e. The molecule has 0 spiro atoms. The van der Waals surface area contributed by atoms with E-state index < -0.39 is 29.6 Å². The zero-order valence-corrected chi connectivity index (χ0v) is 14.8. The van der Waals surface area contributed by atoms with E-state index in [1.807, 2.05) is 36.4 Å². The Morgan fingerprint density at radius 1 is 1.08 bits per heavy atom. The maximum atomic E-state index is 13.2. The van der Waals surface area contributed by atoms with Crippen LogP contribution in [0.4, 0.5) is 4.39 Å². The number of rotatable bonds is 7. The summed E-state index contributed by atoms with van der Waals surface area (Å²) in [4.78, 5) is 10.2. The summed E-state index contributed by atoms with van der Waals surface area (Å²) in [6.45, 7) is -0.469. The number of alkyl halides is 3. The van der Waals surface area contributed by atoms with Crippen LogP contribution in [0.3, 0.4) is 0 Å². The summed E-state index contributed by atoms with van der Waals surface area (Å²) in [5.41, 5.74) is 9.04. The van der Waals surface area contributed by atoms with Crippen molar-refractivity contribution < 1.29 is 14.3 Å². The summed E-state index contributed by atoms with van der Waals surface area (Å²) in [6, 6.07) is 13.7. The maximum absolute atomic E-state index is 13.2. The van der Waals surface area contributed by atoms with E-state index in [9.17, 15) is 14.3 Å². The Kier molecular flexibility index (Phi) is 7.20. The Morgan fingerprint density at radius 2 is 1.60 bits per heavy atom. The van der Waals surface area contributed by atoms with Crippen molar-refractivity contribution in [1.82, 2.24) is 5.32 Å². The molecule has 0 saturated carbocycles. The second-order valence-corrected chi connectivity index (χ2v) is 6.63. The number of benzene rings is 2. The molecule has 4 N–H and O–H groups in total. The number of hydrogen-bond donors (Lipinski definition) is 3. The molecule has 0 aliphatic heterocycles. The van der Waals surface area contributed by atoms with Crippen LogP contribution in [-0.2, 0) is 11.3 Å². The standard InChI is InChI=1S/C18H19Cl2FN2O2/c19-17(20)18(25)23-15(9-21)16(24)14-7-5-13(6-8-14)12-3-1-11(10-22)2-4-12/h1-8,15-17,24H,9-10,22H2,(H,23,25). The van der Waals surface area contributed by atoms with Crippen LogP contribution in [0.25, 0.3) is 11.1 Å². The fourth-order valence-corrected chi connectivity index (χ4v) is 2.51. The highest BCUT2D eigenvalue weighted by Gasteiger charge is 2.25. The van der Waals surface area contributed by atoms with Crippen LogP contribution in [-0.4, -0.2) is 28.6 Å². The quantitative estimate of drug-likeness (QED) is 0.642. The number of carbonyl (C=O) groups is 1. The Hall–Kier alpha value is -1.66. The highest BCUT2D eigenvalue weighted by atomic mass is 35.5. The van der Waals surface area contributed by atoms with Gasteiger partial charge in [0, 0.05) is 6.54 Å². The molecule has 0 bridgehead atoms. The van der Waals surface area contributed by atoms with Gasteiger partial charge in [0.15, 0.2) is 4.84 Å². The molecule has 0 aliphatic carbocycles.